The maximum atomic E-state index is 11.7. The van der Waals surface area contributed by atoms with Crippen molar-refractivity contribution >= 4 is 33.4 Å². The fourth-order valence-corrected chi connectivity index (χ4v) is 1.85. The van der Waals surface area contributed by atoms with Crippen molar-refractivity contribution in [1.82, 2.24) is 5.32 Å². The molecule has 0 aromatic heterocycles. The highest BCUT2D eigenvalue weighted by molar-refractivity contribution is 9.10. The summed E-state index contributed by atoms with van der Waals surface area (Å²) in [6.45, 7) is 2.25. The molecule has 5 heteroatoms. The molecule has 84 valence electrons. The van der Waals surface area contributed by atoms with Crippen molar-refractivity contribution in [3.05, 3.63) is 29.3 Å². The summed E-state index contributed by atoms with van der Waals surface area (Å²) in [5.74, 6) is 0.0414. The molecule has 1 heterocycles. The van der Waals surface area contributed by atoms with Crippen LogP contribution >= 0.6 is 15.9 Å². The number of urea groups is 1. The molecule has 0 aliphatic carbocycles. The molecule has 2 N–H and O–H groups in total. The standard InChI is InChI=1S/C11H11BrN2O2/c1-6(12)10(15)7-2-3-9-8(4-7)5-13-11(16)14-9/h2-4,6H,5H2,1H3,(H2,13,14,16). The second kappa shape index (κ2) is 4.25. The average molecular weight is 283 g/mol. The minimum Gasteiger partial charge on any atom is -0.334 e. The minimum absolute atomic E-state index is 0.0414. The fraction of sp³-hybridized carbons (Fsp3) is 0.273. The first-order valence-corrected chi connectivity index (χ1v) is 5.85. The number of halogens is 1. The Morgan fingerprint density at radius 2 is 2.25 bits per heavy atom. The van der Waals surface area contributed by atoms with Crippen LogP contribution < -0.4 is 10.6 Å². The molecule has 16 heavy (non-hydrogen) atoms. The number of fused-ring (bicyclic) bond motifs is 1. The Bertz CT molecular complexity index is 457. The summed E-state index contributed by atoms with van der Waals surface area (Å²) < 4.78 is 0. The zero-order valence-corrected chi connectivity index (χ0v) is 10.3. The fourth-order valence-electron chi connectivity index (χ4n) is 1.59. The van der Waals surface area contributed by atoms with Crippen molar-refractivity contribution in [1.29, 1.82) is 0 Å². The number of carbonyl (C=O) groups is 2. The van der Waals surface area contributed by atoms with Gasteiger partial charge in [-0.3, -0.25) is 4.79 Å². The summed E-state index contributed by atoms with van der Waals surface area (Å²) in [5, 5.41) is 5.34. The molecule has 1 aromatic rings. The van der Waals surface area contributed by atoms with Crippen LogP contribution in [0.1, 0.15) is 22.8 Å². The van der Waals surface area contributed by atoms with Crippen molar-refractivity contribution in [2.24, 2.45) is 0 Å². The number of hydrogen-bond donors (Lipinski definition) is 2. The van der Waals surface area contributed by atoms with E-state index in [4.69, 9.17) is 0 Å². The van der Waals surface area contributed by atoms with E-state index in [1.807, 2.05) is 6.07 Å². The molecule has 0 radical (unpaired) electrons. The van der Waals surface area contributed by atoms with Crippen LogP contribution in [0.25, 0.3) is 0 Å². The number of Topliss-reactive ketones (excluding diaryl/α,β-unsaturated/α-hetero) is 1. The van der Waals surface area contributed by atoms with Crippen LogP contribution in [0, 0.1) is 0 Å². The Morgan fingerprint density at radius 1 is 1.50 bits per heavy atom. The Kier molecular flexibility index (Phi) is 2.96. The number of nitrogens with one attached hydrogen (secondary N) is 2. The van der Waals surface area contributed by atoms with Gasteiger partial charge in [0.15, 0.2) is 5.78 Å². The van der Waals surface area contributed by atoms with Gasteiger partial charge in [-0.2, -0.15) is 0 Å². The van der Waals surface area contributed by atoms with Gasteiger partial charge in [-0.25, -0.2) is 4.79 Å². The molecule has 0 saturated heterocycles. The smallest absolute Gasteiger partial charge is 0.319 e. The Morgan fingerprint density at radius 3 is 2.94 bits per heavy atom. The predicted molar refractivity (Wildman–Crippen MR) is 65.0 cm³/mol. The lowest BCUT2D eigenvalue weighted by Crippen LogP contribution is -2.33. The van der Waals surface area contributed by atoms with Gasteiger partial charge in [0, 0.05) is 17.8 Å². The van der Waals surface area contributed by atoms with Gasteiger partial charge in [0.1, 0.15) is 0 Å². The van der Waals surface area contributed by atoms with Crippen molar-refractivity contribution in [3.8, 4) is 0 Å². The number of hydrogen-bond acceptors (Lipinski definition) is 2. The first-order chi connectivity index (χ1) is 7.58. The summed E-state index contributed by atoms with van der Waals surface area (Å²) >= 11 is 3.25. The quantitative estimate of drug-likeness (QED) is 0.646. The second-order valence-electron chi connectivity index (χ2n) is 3.66. The van der Waals surface area contributed by atoms with E-state index in [2.05, 4.69) is 26.6 Å². The molecule has 1 atom stereocenters. The maximum absolute atomic E-state index is 11.7. The number of benzene rings is 1. The molecule has 0 bridgehead atoms. The van der Waals surface area contributed by atoms with Crippen molar-refractivity contribution < 1.29 is 9.59 Å². The number of anilines is 1. The third-order valence-corrected chi connectivity index (χ3v) is 2.85. The minimum atomic E-state index is -0.208. The lowest BCUT2D eigenvalue weighted by atomic mass is 10.0. The Labute approximate surface area is 102 Å². The van der Waals surface area contributed by atoms with Gasteiger partial charge in [0.05, 0.1) is 4.83 Å². The third-order valence-electron chi connectivity index (χ3n) is 2.44. The molecule has 0 spiro atoms. The maximum Gasteiger partial charge on any atom is 0.319 e. The number of rotatable bonds is 2. The van der Waals surface area contributed by atoms with E-state index in [1.54, 1.807) is 19.1 Å². The average Bonchev–Trinajstić information content (AvgIpc) is 2.27. The lowest BCUT2D eigenvalue weighted by molar-refractivity contribution is 0.0996. The van der Waals surface area contributed by atoms with Crippen LogP contribution in [0.2, 0.25) is 0 Å². The summed E-state index contributed by atoms with van der Waals surface area (Å²) in [5.41, 5.74) is 2.35. The van der Waals surface area contributed by atoms with Gasteiger partial charge in [0.25, 0.3) is 0 Å². The Balaban J connectivity index is 2.33. The summed E-state index contributed by atoms with van der Waals surface area (Å²) in [7, 11) is 0. The van der Waals surface area contributed by atoms with E-state index in [0.29, 0.717) is 12.1 Å². The third kappa shape index (κ3) is 2.09. The lowest BCUT2D eigenvalue weighted by Gasteiger charge is -2.18. The zero-order chi connectivity index (χ0) is 11.7. The van der Waals surface area contributed by atoms with E-state index < -0.39 is 0 Å². The number of ketones is 1. The summed E-state index contributed by atoms with van der Waals surface area (Å²) in [6, 6.07) is 5.09. The van der Waals surface area contributed by atoms with Gasteiger partial charge in [-0.15, -0.1) is 0 Å². The van der Waals surface area contributed by atoms with E-state index in [9.17, 15) is 9.59 Å². The molecule has 1 aliphatic heterocycles. The van der Waals surface area contributed by atoms with Crippen molar-refractivity contribution in [3.63, 3.8) is 0 Å². The Hall–Kier alpha value is -1.36. The molecule has 4 nitrogen and oxygen atoms in total. The molecule has 2 amide bonds. The number of amides is 2. The van der Waals surface area contributed by atoms with Gasteiger partial charge < -0.3 is 10.6 Å². The first kappa shape index (κ1) is 11.1. The monoisotopic (exact) mass is 282 g/mol. The van der Waals surface area contributed by atoms with Gasteiger partial charge in [0.2, 0.25) is 0 Å². The number of carbonyl (C=O) groups excluding carboxylic acids is 2. The predicted octanol–water partition coefficient (Wildman–Crippen LogP) is 2.29. The van der Waals surface area contributed by atoms with Gasteiger partial charge in [-0.05, 0) is 30.7 Å². The molecular weight excluding hydrogens is 272 g/mol. The van der Waals surface area contributed by atoms with E-state index in [1.165, 1.54) is 0 Å². The van der Waals surface area contributed by atoms with Crippen LogP contribution in [0.3, 0.4) is 0 Å². The van der Waals surface area contributed by atoms with Crippen LogP contribution in [-0.4, -0.2) is 16.6 Å². The molecular formula is C11H11BrN2O2. The van der Waals surface area contributed by atoms with Crippen LogP contribution in [0.4, 0.5) is 10.5 Å². The van der Waals surface area contributed by atoms with E-state index in [-0.39, 0.29) is 16.6 Å². The molecule has 2 rings (SSSR count). The number of alkyl halides is 1. The topological polar surface area (TPSA) is 58.2 Å². The highest BCUT2D eigenvalue weighted by atomic mass is 79.9. The second-order valence-corrected chi connectivity index (χ2v) is 5.03. The molecule has 0 fully saturated rings. The van der Waals surface area contributed by atoms with E-state index >= 15 is 0 Å². The van der Waals surface area contributed by atoms with Crippen LogP contribution in [-0.2, 0) is 6.54 Å². The highest BCUT2D eigenvalue weighted by Crippen LogP contribution is 2.21. The van der Waals surface area contributed by atoms with E-state index in [0.717, 1.165) is 11.3 Å². The SMILES string of the molecule is CC(Br)C(=O)c1ccc2c(c1)CNC(=O)N2. The molecule has 1 aromatic carbocycles. The van der Waals surface area contributed by atoms with Crippen molar-refractivity contribution in [2.75, 3.05) is 5.32 Å². The van der Waals surface area contributed by atoms with Crippen LogP contribution in [0.5, 0.6) is 0 Å². The van der Waals surface area contributed by atoms with Gasteiger partial charge in [-0.1, -0.05) is 15.9 Å². The largest absolute Gasteiger partial charge is 0.334 e. The zero-order valence-electron chi connectivity index (χ0n) is 8.71. The molecule has 0 saturated carbocycles. The summed E-state index contributed by atoms with van der Waals surface area (Å²) in [6.07, 6.45) is 0. The molecule has 1 unspecified atom stereocenters. The normalized spacial score (nSPS) is 15.8. The van der Waals surface area contributed by atoms with Crippen LogP contribution in [0.15, 0.2) is 18.2 Å². The van der Waals surface area contributed by atoms with Crippen molar-refractivity contribution in [2.45, 2.75) is 18.3 Å². The summed E-state index contributed by atoms with van der Waals surface area (Å²) in [4.78, 5) is 22.6. The molecule has 1 aliphatic rings. The first-order valence-electron chi connectivity index (χ1n) is 4.94. The highest BCUT2D eigenvalue weighted by Gasteiger charge is 2.17. The van der Waals surface area contributed by atoms with Gasteiger partial charge >= 0.3 is 6.03 Å².